The molecule has 9 heteroatoms. The molecule has 0 aliphatic heterocycles. The first-order valence-electron chi connectivity index (χ1n) is 9.95. The third kappa shape index (κ3) is 9.10. The van der Waals surface area contributed by atoms with Crippen LogP contribution in [0.15, 0.2) is 79.1 Å². The number of halogens is 6. The molecule has 0 amide bonds. The van der Waals surface area contributed by atoms with Crippen molar-refractivity contribution in [3.8, 4) is 11.8 Å². The van der Waals surface area contributed by atoms with Crippen LogP contribution in [0.4, 0.5) is 23.2 Å². The third-order valence-corrected chi connectivity index (χ3v) is 7.15. The Labute approximate surface area is 228 Å². The van der Waals surface area contributed by atoms with Gasteiger partial charge in [0.1, 0.15) is 0 Å². The molecule has 4 aromatic rings. The lowest BCUT2D eigenvalue weighted by Crippen LogP contribution is -2.07. The second-order valence-electron chi connectivity index (χ2n) is 6.80. The zero-order valence-electron chi connectivity index (χ0n) is 18.6. The topological polar surface area (TPSA) is 29.0 Å². The van der Waals surface area contributed by atoms with Gasteiger partial charge in [0.15, 0.2) is 23.3 Å². The average molecular weight is 703 g/mol. The van der Waals surface area contributed by atoms with Crippen molar-refractivity contribution < 1.29 is 17.6 Å². The normalized spacial score (nSPS) is 9.49. The zero-order chi connectivity index (χ0) is 25.8. The summed E-state index contributed by atoms with van der Waals surface area (Å²) >= 11 is 2.82. The van der Waals surface area contributed by atoms with Crippen molar-refractivity contribution in [3.05, 3.63) is 121 Å². The number of benzene rings is 3. The maximum Gasteiger partial charge on any atom is 0.205 e. The number of hydrogen-bond donors (Lipinski definition) is 0. The van der Waals surface area contributed by atoms with E-state index in [2.05, 4.69) is 26.7 Å². The van der Waals surface area contributed by atoms with Crippen LogP contribution in [0.5, 0.6) is 0 Å². The van der Waals surface area contributed by atoms with Crippen LogP contribution in [0.3, 0.4) is 0 Å². The second-order valence-corrected chi connectivity index (χ2v) is 8.96. The Kier molecular flexibility index (Phi) is 11.9. The summed E-state index contributed by atoms with van der Waals surface area (Å²) in [5, 5.41) is 0. The number of anilines is 1. The van der Waals surface area contributed by atoms with Crippen LogP contribution >= 0.6 is 45.2 Å². The summed E-state index contributed by atoms with van der Waals surface area (Å²) in [6.45, 7) is 0. The zero-order valence-corrected chi connectivity index (χ0v) is 22.9. The van der Waals surface area contributed by atoms with E-state index >= 15 is 0 Å². The van der Waals surface area contributed by atoms with E-state index < -0.39 is 23.3 Å². The summed E-state index contributed by atoms with van der Waals surface area (Å²) in [4.78, 5) is 10.1. The van der Waals surface area contributed by atoms with Gasteiger partial charge in [-0.05, 0) is 81.4 Å². The summed E-state index contributed by atoms with van der Waals surface area (Å²) in [5.74, 6) is 0.274. The Balaban J connectivity index is 0.000000207. The van der Waals surface area contributed by atoms with Crippen molar-refractivity contribution in [1.29, 1.82) is 0 Å². The maximum absolute atomic E-state index is 12.6. The van der Waals surface area contributed by atoms with Crippen LogP contribution in [0, 0.1) is 42.3 Å². The Morgan fingerprint density at radius 3 is 1.46 bits per heavy atom. The van der Waals surface area contributed by atoms with Gasteiger partial charge >= 0.3 is 0 Å². The number of rotatable bonds is 1. The molecule has 0 aliphatic carbocycles. The van der Waals surface area contributed by atoms with Crippen molar-refractivity contribution >= 4 is 50.9 Å². The first kappa shape index (κ1) is 28.5. The maximum atomic E-state index is 12.6. The molecule has 0 radical (unpaired) electrons. The van der Waals surface area contributed by atoms with Crippen LogP contribution < -0.4 is 4.90 Å². The third-order valence-electron chi connectivity index (χ3n) is 4.09. The Hall–Kier alpha value is -2.72. The first-order valence-corrected chi connectivity index (χ1v) is 12.1. The molecule has 0 fully saturated rings. The predicted octanol–water partition coefficient (Wildman–Crippen LogP) is 7.08. The van der Waals surface area contributed by atoms with Gasteiger partial charge in [0, 0.05) is 37.7 Å². The van der Waals surface area contributed by atoms with Gasteiger partial charge in [0.25, 0.3) is 0 Å². The molecule has 3 nitrogen and oxygen atoms in total. The number of hydrogen-bond acceptors (Lipinski definition) is 3. The number of aromatic nitrogens is 2. The summed E-state index contributed by atoms with van der Waals surface area (Å²) in [6.07, 6.45) is 3.37. The summed E-state index contributed by atoms with van der Waals surface area (Å²) in [6, 6.07) is 21.8. The highest BCUT2D eigenvalue weighted by Gasteiger charge is 2.22. The second kappa shape index (κ2) is 14.6. The molecule has 3 aromatic carbocycles. The predicted molar refractivity (Wildman–Crippen MR) is 147 cm³/mol. The molecule has 0 spiro atoms. The van der Waals surface area contributed by atoms with Gasteiger partial charge in [-0.3, -0.25) is 0 Å². The van der Waals surface area contributed by atoms with Crippen molar-refractivity contribution in [2.75, 3.05) is 19.0 Å². The molecule has 4 rings (SSSR count). The average Bonchev–Trinajstić information content (AvgIpc) is 2.91. The van der Waals surface area contributed by atoms with Crippen LogP contribution in [-0.2, 0) is 0 Å². The van der Waals surface area contributed by atoms with E-state index in [1.54, 1.807) is 18.5 Å². The van der Waals surface area contributed by atoms with E-state index in [9.17, 15) is 17.6 Å². The van der Waals surface area contributed by atoms with E-state index in [1.165, 1.54) is 45.2 Å². The van der Waals surface area contributed by atoms with E-state index in [0.29, 0.717) is 5.82 Å². The van der Waals surface area contributed by atoms with Crippen molar-refractivity contribution in [1.82, 2.24) is 9.97 Å². The summed E-state index contributed by atoms with van der Waals surface area (Å²) in [7, 11) is 4.02. The molecule has 0 aliphatic rings. The van der Waals surface area contributed by atoms with E-state index in [1.807, 2.05) is 74.8 Å². The molecule has 0 atom stereocenters. The van der Waals surface area contributed by atoms with Crippen LogP contribution in [0.1, 0.15) is 11.4 Å². The largest absolute Gasteiger partial charge is 0.378 e. The molecule has 1 aromatic heterocycles. The highest BCUT2D eigenvalue weighted by Crippen LogP contribution is 2.26. The van der Waals surface area contributed by atoms with Crippen molar-refractivity contribution in [2.45, 2.75) is 0 Å². The van der Waals surface area contributed by atoms with Gasteiger partial charge in [-0.2, -0.15) is 0 Å². The molecule has 0 N–H and O–H groups in total. The van der Waals surface area contributed by atoms with Crippen LogP contribution in [0.2, 0.25) is 0 Å². The van der Waals surface area contributed by atoms with Gasteiger partial charge < -0.3 is 4.90 Å². The minimum Gasteiger partial charge on any atom is -0.378 e. The fraction of sp³-hybridized carbons (Fsp3) is 0.0769. The number of nitrogens with zero attached hydrogens (tertiary/aromatic N) is 3. The fourth-order valence-corrected chi connectivity index (χ4v) is 3.24. The molecule has 0 unspecified atom stereocenters. The van der Waals surface area contributed by atoms with Gasteiger partial charge in [-0.1, -0.05) is 42.3 Å². The van der Waals surface area contributed by atoms with Gasteiger partial charge in [0.05, 0.1) is 7.14 Å². The van der Waals surface area contributed by atoms with Gasteiger partial charge in [0.2, 0.25) is 5.82 Å². The molecular formula is C26H19F4I2N3. The quantitative estimate of drug-likeness (QED) is 0.0699. The molecular weight excluding hydrogens is 684 g/mol. The smallest absolute Gasteiger partial charge is 0.205 e. The first-order chi connectivity index (χ1) is 16.7. The summed E-state index contributed by atoms with van der Waals surface area (Å²) < 4.78 is 49.7. The van der Waals surface area contributed by atoms with Gasteiger partial charge in [-0.25, -0.2) is 27.5 Å². The highest BCUT2D eigenvalue weighted by atomic mass is 127. The lowest BCUT2D eigenvalue weighted by molar-refractivity contribution is 0.402. The van der Waals surface area contributed by atoms with Crippen molar-refractivity contribution in [3.63, 3.8) is 0 Å². The lowest BCUT2D eigenvalue weighted by Gasteiger charge is -2.11. The molecule has 0 saturated carbocycles. The Bertz CT molecular complexity index is 1140. The lowest BCUT2D eigenvalue weighted by atomic mass is 10.2. The monoisotopic (exact) mass is 703 g/mol. The minimum atomic E-state index is -1.77. The minimum absolute atomic E-state index is 0.246. The van der Waals surface area contributed by atoms with Crippen molar-refractivity contribution in [2.24, 2.45) is 0 Å². The van der Waals surface area contributed by atoms with E-state index in [4.69, 9.17) is 0 Å². The highest BCUT2D eigenvalue weighted by molar-refractivity contribution is 14.1. The molecule has 180 valence electrons. The Morgan fingerprint density at radius 1 is 0.629 bits per heavy atom. The van der Waals surface area contributed by atoms with Crippen LogP contribution in [-0.4, -0.2) is 24.1 Å². The van der Waals surface area contributed by atoms with Crippen LogP contribution in [0.25, 0.3) is 0 Å². The molecule has 1 heterocycles. The van der Waals surface area contributed by atoms with E-state index in [0.717, 1.165) is 11.3 Å². The molecule has 0 saturated heterocycles. The SMILES string of the molecule is CN(C)c1ccc(C#Cc2ncccn2)cc1.Fc1c(F)c(F)c(I)c(I)c1F.c1ccccc1. The standard InChI is InChI=1S/C14H13N3.C6F4I2.C6H6/c1-17(2)13-7-4-12(5-8-13)6-9-14-15-10-3-11-16-14;7-1-2(8)4(10)6(12)5(11)3(1)9;1-2-4-6-5-3-1/h3-5,7-8,10-11H,1-2H3;;1-6H. The Morgan fingerprint density at radius 2 is 1.06 bits per heavy atom. The molecule has 35 heavy (non-hydrogen) atoms. The fourth-order valence-electron chi connectivity index (χ4n) is 2.30. The molecule has 0 bridgehead atoms. The van der Waals surface area contributed by atoms with E-state index in [-0.39, 0.29) is 7.14 Å². The van der Waals surface area contributed by atoms with Gasteiger partial charge in [-0.15, -0.1) is 0 Å². The summed E-state index contributed by atoms with van der Waals surface area (Å²) in [5.41, 5.74) is 2.12.